The Kier molecular flexibility index (Phi) is 3.67. The first-order chi connectivity index (χ1) is 8.59. The first kappa shape index (κ1) is 12.6. The number of ether oxygens (including phenoxy) is 1. The Morgan fingerprint density at radius 3 is 2.61 bits per heavy atom. The van der Waals surface area contributed by atoms with Gasteiger partial charge in [0.2, 0.25) is 0 Å². The van der Waals surface area contributed by atoms with Gasteiger partial charge in [0.1, 0.15) is 11.6 Å². The third kappa shape index (κ3) is 2.54. The van der Waals surface area contributed by atoms with Gasteiger partial charge in [-0.1, -0.05) is 18.2 Å². The highest BCUT2D eigenvalue weighted by Gasteiger charge is 2.15. The highest BCUT2D eigenvalue weighted by molar-refractivity contribution is 5.35. The van der Waals surface area contributed by atoms with Crippen molar-refractivity contribution in [2.75, 3.05) is 0 Å². The average Bonchev–Trinajstić information content (AvgIpc) is 2.76. The van der Waals surface area contributed by atoms with E-state index >= 15 is 0 Å². The number of nitrogens with zero attached hydrogens (tertiary/aromatic N) is 2. The molecule has 0 amide bonds. The lowest BCUT2D eigenvalue weighted by Gasteiger charge is -2.18. The van der Waals surface area contributed by atoms with Crippen LogP contribution >= 0.6 is 0 Å². The Labute approximate surface area is 107 Å². The van der Waals surface area contributed by atoms with Gasteiger partial charge in [-0.05, 0) is 19.9 Å². The van der Waals surface area contributed by atoms with Crippen molar-refractivity contribution in [2.24, 2.45) is 12.8 Å². The summed E-state index contributed by atoms with van der Waals surface area (Å²) < 4.78 is 7.93. The van der Waals surface area contributed by atoms with E-state index in [4.69, 9.17) is 10.5 Å². The number of rotatable bonds is 4. The lowest BCUT2D eigenvalue weighted by atomic mass is 10.1. The van der Waals surface area contributed by atoms with Crippen LogP contribution in [0.15, 0.2) is 36.7 Å². The van der Waals surface area contributed by atoms with Crippen LogP contribution in [0.2, 0.25) is 0 Å². The smallest absolute Gasteiger partial charge is 0.153 e. The van der Waals surface area contributed by atoms with E-state index in [0.717, 1.165) is 17.1 Å². The van der Waals surface area contributed by atoms with Crippen LogP contribution in [0, 0.1) is 0 Å². The standard InChI is InChI=1S/C14H19N3O/c1-10(15)12-6-4-5-7-13(12)18-11(2)14-16-8-9-17(14)3/h4-11H,15H2,1-3H3. The predicted octanol–water partition coefficient (Wildman–Crippen LogP) is 2.58. The topological polar surface area (TPSA) is 53.1 Å². The average molecular weight is 245 g/mol. The summed E-state index contributed by atoms with van der Waals surface area (Å²) in [5.41, 5.74) is 6.95. The molecule has 1 aromatic heterocycles. The first-order valence-corrected chi connectivity index (χ1v) is 6.08. The number of para-hydroxylation sites is 1. The van der Waals surface area contributed by atoms with Gasteiger partial charge in [0.15, 0.2) is 6.10 Å². The first-order valence-electron chi connectivity index (χ1n) is 6.08. The maximum Gasteiger partial charge on any atom is 0.153 e. The van der Waals surface area contributed by atoms with Crippen molar-refractivity contribution in [3.05, 3.63) is 48.0 Å². The van der Waals surface area contributed by atoms with Gasteiger partial charge < -0.3 is 15.0 Å². The summed E-state index contributed by atoms with van der Waals surface area (Å²) in [7, 11) is 1.96. The minimum atomic E-state index is -0.107. The monoisotopic (exact) mass is 245 g/mol. The third-order valence-corrected chi connectivity index (χ3v) is 2.94. The zero-order valence-corrected chi connectivity index (χ0v) is 11.0. The number of benzene rings is 1. The van der Waals surface area contributed by atoms with Crippen molar-refractivity contribution in [1.82, 2.24) is 9.55 Å². The molecule has 0 saturated carbocycles. The van der Waals surface area contributed by atoms with Gasteiger partial charge in [-0.2, -0.15) is 0 Å². The molecule has 4 heteroatoms. The van der Waals surface area contributed by atoms with Crippen LogP contribution in [0.1, 0.15) is 37.4 Å². The van der Waals surface area contributed by atoms with Crippen LogP contribution < -0.4 is 10.5 Å². The molecule has 96 valence electrons. The Balaban J connectivity index is 2.22. The van der Waals surface area contributed by atoms with Crippen molar-refractivity contribution < 1.29 is 4.74 Å². The fraction of sp³-hybridized carbons (Fsp3) is 0.357. The lowest BCUT2D eigenvalue weighted by Crippen LogP contribution is -2.12. The molecule has 0 aliphatic rings. The van der Waals surface area contributed by atoms with Crippen molar-refractivity contribution in [3.63, 3.8) is 0 Å². The van der Waals surface area contributed by atoms with E-state index in [2.05, 4.69) is 4.98 Å². The summed E-state index contributed by atoms with van der Waals surface area (Å²) in [6, 6.07) is 7.81. The molecule has 0 aliphatic heterocycles. The zero-order chi connectivity index (χ0) is 13.1. The van der Waals surface area contributed by atoms with Gasteiger partial charge in [-0.25, -0.2) is 4.98 Å². The molecular weight excluding hydrogens is 226 g/mol. The summed E-state index contributed by atoms with van der Waals surface area (Å²) in [4.78, 5) is 4.29. The summed E-state index contributed by atoms with van der Waals surface area (Å²) in [6.45, 7) is 3.94. The van der Waals surface area contributed by atoms with E-state index in [9.17, 15) is 0 Å². The Morgan fingerprint density at radius 1 is 1.28 bits per heavy atom. The summed E-state index contributed by atoms with van der Waals surface area (Å²) in [6.07, 6.45) is 3.57. The molecule has 0 fully saturated rings. The van der Waals surface area contributed by atoms with Crippen LogP contribution in [0.25, 0.3) is 0 Å². The molecule has 2 atom stereocenters. The van der Waals surface area contributed by atoms with Gasteiger partial charge in [-0.3, -0.25) is 0 Å². The Bertz CT molecular complexity index is 519. The van der Waals surface area contributed by atoms with Crippen molar-refractivity contribution in [1.29, 1.82) is 0 Å². The number of hydrogen-bond acceptors (Lipinski definition) is 3. The molecule has 0 bridgehead atoms. The highest BCUT2D eigenvalue weighted by Crippen LogP contribution is 2.27. The molecular formula is C14H19N3O. The molecule has 2 unspecified atom stereocenters. The second kappa shape index (κ2) is 5.23. The molecule has 2 rings (SSSR count). The van der Waals surface area contributed by atoms with Gasteiger partial charge in [0, 0.05) is 31.0 Å². The molecule has 1 aromatic carbocycles. The minimum absolute atomic E-state index is 0.0465. The van der Waals surface area contributed by atoms with Gasteiger partial charge in [-0.15, -0.1) is 0 Å². The molecule has 0 spiro atoms. The summed E-state index contributed by atoms with van der Waals surface area (Å²) >= 11 is 0. The van der Waals surface area contributed by atoms with Crippen LogP contribution in [0.4, 0.5) is 0 Å². The number of hydrogen-bond donors (Lipinski definition) is 1. The maximum atomic E-state index is 5.97. The maximum absolute atomic E-state index is 5.97. The van der Waals surface area contributed by atoms with Crippen molar-refractivity contribution in [3.8, 4) is 5.75 Å². The predicted molar refractivity (Wildman–Crippen MR) is 71.3 cm³/mol. The van der Waals surface area contributed by atoms with Gasteiger partial charge in [0.05, 0.1) is 0 Å². The molecule has 18 heavy (non-hydrogen) atoms. The Hall–Kier alpha value is -1.81. The van der Waals surface area contributed by atoms with Crippen LogP contribution in [-0.2, 0) is 7.05 Å². The molecule has 4 nitrogen and oxygen atoms in total. The molecule has 2 N–H and O–H groups in total. The second-order valence-corrected chi connectivity index (χ2v) is 4.48. The lowest BCUT2D eigenvalue weighted by molar-refractivity contribution is 0.210. The van der Waals surface area contributed by atoms with Crippen LogP contribution in [0.3, 0.4) is 0 Å². The van der Waals surface area contributed by atoms with Crippen molar-refractivity contribution in [2.45, 2.75) is 26.0 Å². The number of nitrogens with two attached hydrogens (primary N) is 1. The zero-order valence-electron chi connectivity index (χ0n) is 11.0. The minimum Gasteiger partial charge on any atom is -0.482 e. The SMILES string of the molecule is CC(N)c1ccccc1OC(C)c1nccn1C. The third-order valence-electron chi connectivity index (χ3n) is 2.94. The normalized spacial score (nSPS) is 14.2. The summed E-state index contributed by atoms with van der Waals surface area (Å²) in [5.74, 6) is 1.72. The Morgan fingerprint density at radius 2 is 2.00 bits per heavy atom. The second-order valence-electron chi connectivity index (χ2n) is 4.48. The van der Waals surface area contributed by atoms with E-state index in [1.54, 1.807) is 6.20 Å². The van der Waals surface area contributed by atoms with Gasteiger partial charge in [0.25, 0.3) is 0 Å². The van der Waals surface area contributed by atoms with E-state index in [1.165, 1.54) is 0 Å². The molecule has 0 saturated heterocycles. The fourth-order valence-corrected chi connectivity index (χ4v) is 1.98. The quantitative estimate of drug-likeness (QED) is 0.900. The van der Waals surface area contributed by atoms with E-state index < -0.39 is 0 Å². The van der Waals surface area contributed by atoms with E-state index in [1.807, 2.05) is 55.9 Å². The largest absolute Gasteiger partial charge is 0.482 e. The number of imidazole rings is 1. The van der Waals surface area contributed by atoms with E-state index in [-0.39, 0.29) is 12.1 Å². The number of aryl methyl sites for hydroxylation is 1. The van der Waals surface area contributed by atoms with Crippen LogP contribution in [0.5, 0.6) is 5.75 Å². The van der Waals surface area contributed by atoms with Gasteiger partial charge >= 0.3 is 0 Å². The molecule has 2 aromatic rings. The molecule has 1 heterocycles. The van der Waals surface area contributed by atoms with E-state index in [0.29, 0.717) is 0 Å². The number of aromatic nitrogens is 2. The van der Waals surface area contributed by atoms with Crippen LogP contribution in [-0.4, -0.2) is 9.55 Å². The van der Waals surface area contributed by atoms with Crippen molar-refractivity contribution >= 4 is 0 Å². The fourth-order valence-electron chi connectivity index (χ4n) is 1.98. The molecule has 0 radical (unpaired) electrons. The molecule has 0 aliphatic carbocycles. The highest BCUT2D eigenvalue weighted by atomic mass is 16.5. The summed E-state index contributed by atoms with van der Waals surface area (Å²) in [5, 5.41) is 0.